The number of hydrogen-bond acceptors (Lipinski definition) is 3. The first-order valence-corrected chi connectivity index (χ1v) is 7.91. The summed E-state index contributed by atoms with van der Waals surface area (Å²) in [7, 11) is 0. The molecule has 0 aliphatic carbocycles. The van der Waals surface area contributed by atoms with E-state index in [0.29, 0.717) is 6.61 Å². The van der Waals surface area contributed by atoms with Crippen molar-refractivity contribution in [3.8, 4) is 5.75 Å². The van der Waals surface area contributed by atoms with Crippen molar-refractivity contribution >= 4 is 5.91 Å². The number of carbonyl (C=O) groups excluding carboxylic acids is 1. The molecule has 1 atom stereocenters. The first-order chi connectivity index (χ1) is 10.3. The Bertz CT molecular complexity index is 444. The highest BCUT2D eigenvalue weighted by molar-refractivity contribution is 5.94. The summed E-state index contributed by atoms with van der Waals surface area (Å²) in [5, 5.41) is 8.95. The average molecular weight is 291 g/mol. The zero-order valence-electron chi connectivity index (χ0n) is 12.8. The second-order valence-electron chi connectivity index (χ2n) is 5.53. The van der Waals surface area contributed by atoms with Crippen LogP contribution in [0.15, 0.2) is 24.3 Å². The molecule has 0 bridgehead atoms. The lowest BCUT2D eigenvalue weighted by molar-refractivity contribution is 0.0724. The maximum Gasteiger partial charge on any atom is 0.254 e. The zero-order valence-corrected chi connectivity index (χ0v) is 12.8. The Labute approximate surface area is 126 Å². The summed E-state index contributed by atoms with van der Waals surface area (Å²) >= 11 is 0. The number of amides is 1. The number of nitrogens with zero attached hydrogens (tertiary/aromatic N) is 1. The van der Waals surface area contributed by atoms with Crippen molar-refractivity contribution in [2.24, 2.45) is 0 Å². The van der Waals surface area contributed by atoms with Crippen LogP contribution in [0.5, 0.6) is 5.75 Å². The predicted octanol–water partition coefficient (Wildman–Crippen LogP) is 2.85. The van der Waals surface area contributed by atoms with Crippen LogP contribution < -0.4 is 4.74 Å². The second-order valence-corrected chi connectivity index (χ2v) is 5.53. The lowest BCUT2D eigenvalue weighted by atomic mass is 10.1. The van der Waals surface area contributed by atoms with E-state index in [-0.39, 0.29) is 18.6 Å². The Kier molecular flexibility index (Phi) is 6.05. The van der Waals surface area contributed by atoms with Crippen molar-refractivity contribution in [3.05, 3.63) is 29.8 Å². The number of hydrogen-bond donors (Lipinski definition) is 1. The Morgan fingerprint density at radius 1 is 1.38 bits per heavy atom. The fourth-order valence-electron chi connectivity index (χ4n) is 2.81. The Morgan fingerprint density at radius 2 is 2.14 bits per heavy atom. The number of benzene rings is 1. The smallest absolute Gasteiger partial charge is 0.254 e. The number of carbonyl (C=O) groups is 1. The molecule has 0 aromatic heterocycles. The van der Waals surface area contributed by atoms with E-state index in [0.717, 1.165) is 50.0 Å². The van der Waals surface area contributed by atoms with E-state index in [2.05, 4.69) is 6.92 Å². The molecule has 0 saturated carbocycles. The van der Waals surface area contributed by atoms with Crippen LogP contribution in [0.2, 0.25) is 0 Å². The largest absolute Gasteiger partial charge is 0.494 e. The van der Waals surface area contributed by atoms with Crippen molar-refractivity contribution in [1.29, 1.82) is 0 Å². The highest BCUT2D eigenvalue weighted by Crippen LogP contribution is 2.24. The van der Waals surface area contributed by atoms with Crippen LogP contribution in [0.25, 0.3) is 0 Å². The van der Waals surface area contributed by atoms with E-state index in [4.69, 9.17) is 9.84 Å². The maximum absolute atomic E-state index is 12.6. The number of aliphatic hydroxyl groups excluding tert-OH is 1. The zero-order chi connectivity index (χ0) is 15.1. The van der Waals surface area contributed by atoms with Crippen molar-refractivity contribution in [2.75, 3.05) is 19.8 Å². The van der Waals surface area contributed by atoms with Gasteiger partial charge in [-0.15, -0.1) is 0 Å². The first kappa shape index (κ1) is 15.8. The van der Waals surface area contributed by atoms with Crippen LogP contribution in [0, 0.1) is 0 Å². The summed E-state index contributed by atoms with van der Waals surface area (Å²) in [5.74, 6) is 0.907. The van der Waals surface area contributed by atoms with Crippen LogP contribution in [0.4, 0.5) is 0 Å². The Balaban J connectivity index is 1.98. The molecule has 1 aromatic rings. The molecule has 21 heavy (non-hydrogen) atoms. The number of aliphatic hydroxyl groups is 1. The van der Waals surface area contributed by atoms with E-state index in [1.807, 2.05) is 29.2 Å². The molecular weight excluding hydrogens is 266 g/mol. The van der Waals surface area contributed by atoms with Crippen LogP contribution in [-0.2, 0) is 0 Å². The summed E-state index contributed by atoms with van der Waals surface area (Å²) in [6.07, 6.45) is 4.72. The van der Waals surface area contributed by atoms with Gasteiger partial charge < -0.3 is 14.7 Å². The van der Waals surface area contributed by atoms with Crippen LogP contribution in [0.1, 0.15) is 49.4 Å². The molecule has 0 radical (unpaired) electrons. The molecule has 4 heteroatoms. The molecule has 1 fully saturated rings. The molecule has 2 rings (SSSR count). The molecule has 0 spiro atoms. The summed E-state index contributed by atoms with van der Waals surface area (Å²) in [6.45, 7) is 3.78. The van der Waals surface area contributed by atoms with Gasteiger partial charge in [0, 0.05) is 24.8 Å². The highest BCUT2D eigenvalue weighted by atomic mass is 16.5. The second kappa shape index (κ2) is 8.03. The molecule has 116 valence electrons. The maximum atomic E-state index is 12.6. The summed E-state index contributed by atoms with van der Waals surface area (Å²) < 4.78 is 5.54. The Hall–Kier alpha value is -1.55. The molecule has 1 amide bonds. The van der Waals surface area contributed by atoms with Gasteiger partial charge >= 0.3 is 0 Å². The molecule has 4 nitrogen and oxygen atoms in total. The molecule has 1 aliphatic heterocycles. The fourth-order valence-corrected chi connectivity index (χ4v) is 2.81. The van der Waals surface area contributed by atoms with Crippen LogP contribution in [0.3, 0.4) is 0 Å². The number of rotatable bonds is 7. The third kappa shape index (κ3) is 4.21. The van der Waals surface area contributed by atoms with Gasteiger partial charge in [0.2, 0.25) is 0 Å². The van der Waals surface area contributed by atoms with E-state index in [1.165, 1.54) is 0 Å². The minimum Gasteiger partial charge on any atom is -0.494 e. The number of ether oxygens (including phenoxy) is 1. The van der Waals surface area contributed by atoms with Gasteiger partial charge in [0.1, 0.15) is 5.75 Å². The van der Waals surface area contributed by atoms with Crippen molar-refractivity contribution in [2.45, 2.75) is 45.1 Å². The van der Waals surface area contributed by atoms with Crippen LogP contribution in [-0.4, -0.2) is 41.7 Å². The van der Waals surface area contributed by atoms with E-state index in [9.17, 15) is 4.79 Å². The first-order valence-electron chi connectivity index (χ1n) is 7.91. The van der Waals surface area contributed by atoms with Gasteiger partial charge in [-0.2, -0.15) is 0 Å². The van der Waals surface area contributed by atoms with Crippen molar-refractivity contribution < 1.29 is 14.6 Å². The van der Waals surface area contributed by atoms with Gasteiger partial charge in [-0.1, -0.05) is 6.92 Å². The molecule has 1 aromatic carbocycles. The fraction of sp³-hybridized carbons (Fsp3) is 0.588. The SMILES string of the molecule is CCCOc1ccc(C(=O)N2CCCC2CCCO)cc1. The van der Waals surface area contributed by atoms with Gasteiger partial charge in [0.25, 0.3) is 5.91 Å². The van der Waals surface area contributed by atoms with Gasteiger partial charge in [-0.05, 0) is 56.4 Å². The molecule has 1 heterocycles. The predicted molar refractivity (Wildman–Crippen MR) is 82.6 cm³/mol. The van der Waals surface area contributed by atoms with Crippen molar-refractivity contribution in [3.63, 3.8) is 0 Å². The summed E-state index contributed by atoms with van der Waals surface area (Å²) in [6, 6.07) is 7.69. The highest BCUT2D eigenvalue weighted by Gasteiger charge is 2.28. The molecule has 1 saturated heterocycles. The average Bonchev–Trinajstić information content (AvgIpc) is 2.99. The van der Waals surface area contributed by atoms with Gasteiger partial charge in [0.05, 0.1) is 6.61 Å². The minimum atomic E-state index is 0.0949. The van der Waals surface area contributed by atoms with Crippen LogP contribution >= 0.6 is 0 Å². The minimum absolute atomic E-state index is 0.0949. The normalized spacial score (nSPS) is 18.0. The lowest BCUT2D eigenvalue weighted by Crippen LogP contribution is -2.35. The number of likely N-dealkylation sites (tertiary alicyclic amines) is 1. The lowest BCUT2D eigenvalue weighted by Gasteiger charge is -2.24. The quantitative estimate of drug-likeness (QED) is 0.840. The third-order valence-electron chi connectivity index (χ3n) is 3.91. The summed E-state index contributed by atoms with van der Waals surface area (Å²) in [5.41, 5.74) is 0.717. The van der Waals surface area contributed by atoms with E-state index >= 15 is 0 Å². The van der Waals surface area contributed by atoms with Gasteiger partial charge in [0.15, 0.2) is 0 Å². The molecule has 1 N–H and O–H groups in total. The summed E-state index contributed by atoms with van der Waals surface area (Å²) in [4.78, 5) is 14.5. The third-order valence-corrected chi connectivity index (χ3v) is 3.91. The molecule has 1 unspecified atom stereocenters. The van der Waals surface area contributed by atoms with Gasteiger partial charge in [-0.3, -0.25) is 4.79 Å². The molecular formula is C17H25NO3. The topological polar surface area (TPSA) is 49.8 Å². The van der Waals surface area contributed by atoms with E-state index < -0.39 is 0 Å². The van der Waals surface area contributed by atoms with Gasteiger partial charge in [-0.25, -0.2) is 0 Å². The van der Waals surface area contributed by atoms with Crippen molar-refractivity contribution in [1.82, 2.24) is 4.90 Å². The monoisotopic (exact) mass is 291 g/mol. The Morgan fingerprint density at radius 3 is 2.81 bits per heavy atom. The standard InChI is InChI=1S/C17H25NO3/c1-2-13-21-16-9-7-14(8-10-16)17(20)18-11-3-5-15(18)6-4-12-19/h7-10,15,19H,2-6,11-13H2,1H3. The van der Waals surface area contributed by atoms with E-state index in [1.54, 1.807) is 0 Å². The molecule has 1 aliphatic rings.